The number of aryl methyl sites for hydroxylation is 1. The SMILES string of the molecule is Cn1nnc(CN2CCNCC2)c1C(F)(F)F. The zero-order valence-corrected chi connectivity index (χ0v) is 9.46. The summed E-state index contributed by atoms with van der Waals surface area (Å²) in [7, 11) is 1.26. The Kier molecular flexibility index (Phi) is 3.34. The minimum absolute atomic E-state index is 0.00176. The molecule has 8 heteroatoms. The van der Waals surface area contributed by atoms with Crippen LogP contribution in [0.5, 0.6) is 0 Å². The third kappa shape index (κ3) is 2.75. The van der Waals surface area contributed by atoms with Gasteiger partial charge in [-0.15, -0.1) is 5.10 Å². The molecular formula is C9H14F3N5. The highest BCUT2D eigenvalue weighted by molar-refractivity contribution is 5.13. The molecule has 0 unspecified atom stereocenters. The van der Waals surface area contributed by atoms with Crippen molar-refractivity contribution in [3.05, 3.63) is 11.4 Å². The molecule has 17 heavy (non-hydrogen) atoms. The van der Waals surface area contributed by atoms with Gasteiger partial charge in [-0.25, -0.2) is 4.68 Å². The number of piperazine rings is 1. The first-order chi connectivity index (χ1) is 7.98. The number of hydrogen-bond acceptors (Lipinski definition) is 4. The Hall–Kier alpha value is -1.15. The van der Waals surface area contributed by atoms with E-state index in [1.807, 2.05) is 4.90 Å². The van der Waals surface area contributed by atoms with Crippen molar-refractivity contribution < 1.29 is 13.2 Å². The molecule has 0 saturated carbocycles. The zero-order chi connectivity index (χ0) is 12.5. The van der Waals surface area contributed by atoms with E-state index in [4.69, 9.17) is 0 Å². The van der Waals surface area contributed by atoms with Gasteiger partial charge >= 0.3 is 6.18 Å². The lowest BCUT2D eigenvalue weighted by atomic mass is 10.2. The number of hydrogen-bond donors (Lipinski definition) is 1. The summed E-state index contributed by atoms with van der Waals surface area (Å²) in [6.45, 7) is 3.25. The molecule has 1 aliphatic rings. The van der Waals surface area contributed by atoms with Gasteiger partial charge in [0, 0.05) is 39.8 Å². The van der Waals surface area contributed by atoms with Crippen LogP contribution in [0.25, 0.3) is 0 Å². The lowest BCUT2D eigenvalue weighted by molar-refractivity contribution is -0.144. The molecule has 0 spiro atoms. The molecule has 1 saturated heterocycles. The predicted molar refractivity (Wildman–Crippen MR) is 54.2 cm³/mol. The van der Waals surface area contributed by atoms with Crippen LogP contribution in [-0.4, -0.2) is 46.1 Å². The monoisotopic (exact) mass is 249 g/mol. The highest BCUT2D eigenvalue weighted by Gasteiger charge is 2.38. The molecule has 0 aliphatic carbocycles. The van der Waals surface area contributed by atoms with Gasteiger partial charge in [0.1, 0.15) is 5.69 Å². The average Bonchev–Trinajstić information content (AvgIpc) is 2.60. The van der Waals surface area contributed by atoms with E-state index >= 15 is 0 Å². The third-order valence-corrected chi connectivity index (χ3v) is 2.75. The summed E-state index contributed by atoms with van der Waals surface area (Å²) in [5, 5.41) is 10.2. The fourth-order valence-electron chi connectivity index (χ4n) is 1.93. The maximum Gasteiger partial charge on any atom is 0.434 e. The minimum atomic E-state index is -4.40. The molecule has 2 heterocycles. The van der Waals surface area contributed by atoms with Crippen molar-refractivity contribution in [3.8, 4) is 0 Å². The van der Waals surface area contributed by atoms with Crippen LogP contribution < -0.4 is 5.32 Å². The van der Waals surface area contributed by atoms with Crippen molar-refractivity contribution >= 4 is 0 Å². The van der Waals surface area contributed by atoms with Crippen molar-refractivity contribution in [1.29, 1.82) is 0 Å². The fourth-order valence-corrected chi connectivity index (χ4v) is 1.93. The molecule has 2 rings (SSSR count). The Labute approximate surface area is 96.6 Å². The van der Waals surface area contributed by atoms with Crippen LogP contribution >= 0.6 is 0 Å². The number of halogens is 3. The normalized spacial score (nSPS) is 18.6. The van der Waals surface area contributed by atoms with Crippen molar-refractivity contribution in [1.82, 2.24) is 25.2 Å². The second-order valence-corrected chi connectivity index (χ2v) is 4.03. The quantitative estimate of drug-likeness (QED) is 0.815. The summed E-state index contributed by atoms with van der Waals surface area (Å²) in [6, 6.07) is 0. The van der Waals surface area contributed by atoms with Crippen LogP contribution in [-0.2, 0) is 19.8 Å². The first-order valence-corrected chi connectivity index (χ1v) is 5.37. The molecule has 0 bridgehead atoms. The standard InChI is InChI=1S/C9H14F3N5/c1-16-8(9(10,11)12)7(14-15-16)6-17-4-2-13-3-5-17/h13H,2-6H2,1H3. The van der Waals surface area contributed by atoms with Gasteiger partial charge in [-0.3, -0.25) is 4.90 Å². The van der Waals surface area contributed by atoms with E-state index in [-0.39, 0.29) is 12.2 Å². The van der Waals surface area contributed by atoms with Gasteiger partial charge in [-0.05, 0) is 0 Å². The van der Waals surface area contributed by atoms with E-state index in [0.717, 1.165) is 30.9 Å². The fraction of sp³-hybridized carbons (Fsp3) is 0.778. The summed E-state index contributed by atoms with van der Waals surface area (Å²) in [5.41, 5.74) is -0.752. The first-order valence-electron chi connectivity index (χ1n) is 5.37. The second-order valence-electron chi connectivity index (χ2n) is 4.03. The van der Waals surface area contributed by atoms with Crippen LogP contribution in [0.4, 0.5) is 13.2 Å². The Bertz CT molecular complexity index is 380. The molecule has 1 aromatic rings. The van der Waals surface area contributed by atoms with E-state index < -0.39 is 11.9 Å². The van der Waals surface area contributed by atoms with Crippen LogP contribution in [0.15, 0.2) is 0 Å². The largest absolute Gasteiger partial charge is 0.434 e. The molecule has 96 valence electrons. The zero-order valence-electron chi connectivity index (χ0n) is 9.46. The van der Waals surface area contributed by atoms with Gasteiger partial charge in [0.25, 0.3) is 0 Å². The minimum Gasteiger partial charge on any atom is -0.314 e. The Morgan fingerprint density at radius 1 is 1.29 bits per heavy atom. The molecule has 1 aliphatic heterocycles. The van der Waals surface area contributed by atoms with Gasteiger partial charge in [-0.2, -0.15) is 13.2 Å². The highest BCUT2D eigenvalue weighted by atomic mass is 19.4. The maximum atomic E-state index is 12.8. The van der Waals surface area contributed by atoms with Gasteiger partial charge in [0.2, 0.25) is 0 Å². The van der Waals surface area contributed by atoms with E-state index in [9.17, 15) is 13.2 Å². The summed E-state index contributed by atoms with van der Waals surface area (Å²) < 4.78 is 39.1. The van der Waals surface area contributed by atoms with Crippen LogP contribution in [0.2, 0.25) is 0 Å². The average molecular weight is 249 g/mol. The molecule has 0 atom stereocenters. The number of nitrogens with one attached hydrogen (secondary N) is 1. The number of rotatable bonds is 2. The van der Waals surface area contributed by atoms with Crippen molar-refractivity contribution in [2.75, 3.05) is 26.2 Å². The van der Waals surface area contributed by atoms with E-state index in [0.29, 0.717) is 0 Å². The molecule has 0 radical (unpaired) electrons. The maximum absolute atomic E-state index is 12.8. The topological polar surface area (TPSA) is 46.0 Å². The van der Waals surface area contributed by atoms with Gasteiger partial charge in [-0.1, -0.05) is 5.21 Å². The predicted octanol–water partition coefficient (Wildman–Crippen LogP) is 0.239. The molecule has 1 aromatic heterocycles. The smallest absolute Gasteiger partial charge is 0.314 e. The summed E-state index contributed by atoms with van der Waals surface area (Å²) in [6.07, 6.45) is -4.40. The van der Waals surface area contributed by atoms with E-state index in [2.05, 4.69) is 15.6 Å². The number of alkyl halides is 3. The third-order valence-electron chi connectivity index (χ3n) is 2.75. The molecule has 0 aromatic carbocycles. The summed E-state index contributed by atoms with van der Waals surface area (Å²) >= 11 is 0. The lowest BCUT2D eigenvalue weighted by Crippen LogP contribution is -2.43. The second kappa shape index (κ2) is 4.61. The van der Waals surface area contributed by atoms with Crippen LogP contribution in [0.3, 0.4) is 0 Å². The van der Waals surface area contributed by atoms with E-state index in [1.165, 1.54) is 7.05 Å². The number of nitrogens with zero attached hydrogens (tertiary/aromatic N) is 4. The summed E-state index contributed by atoms with van der Waals surface area (Å²) in [4.78, 5) is 1.94. The molecule has 5 nitrogen and oxygen atoms in total. The van der Waals surface area contributed by atoms with Crippen molar-refractivity contribution in [2.24, 2.45) is 7.05 Å². The Morgan fingerprint density at radius 2 is 1.94 bits per heavy atom. The Morgan fingerprint density at radius 3 is 2.53 bits per heavy atom. The van der Waals surface area contributed by atoms with Crippen molar-refractivity contribution in [3.63, 3.8) is 0 Å². The number of aromatic nitrogens is 3. The van der Waals surface area contributed by atoms with Crippen LogP contribution in [0.1, 0.15) is 11.4 Å². The van der Waals surface area contributed by atoms with Gasteiger partial charge in [0.05, 0.1) is 0 Å². The molecule has 1 N–H and O–H groups in total. The highest BCUT2D eigenvalue weighted by Crippen LogP contribution is 2.30. The van der Waals surface area contributed by atoms with Crippen molar-refractivity contribution in [2.45, 2.75) is 12.7 Å². The lowest BCUT2D eigenvalue weighted by Gasteiger charge is -2.26. The van der Waals surface area contributed by atoms with Gasteiger partial charge in [0.15, 0.2) is 5.69 Å². The van der Waals surface area contributed by atoms with Gasteiger partial charge < -0.3 is 5.32 Å². The molecule has 1 fully saturated rings. The molecule has 0 amide bonds. The Balaban J connectivity index is 2.15. The van der Waals surface area contributed by atoms with Crippen LogP contribution in [0, 0.1) is 0 Å². The summed E-state index contributed by atoms with van der Waals surface area (Å²) in [5.74, 6) is 0. The van der Waals surface area contributed by atoms with E-state index in [1.54, 1.807) is 0 Å². The first kappa shape index (κ1) is 12.3. The molecular weight excluding hydrogens is 235 g/mol.